The van der Waals surface area contributed by atoms with Crippen molar-refractivity contribution in [2.24, 2.45) is 0 Å². The van der Waals surface area contributed by atoms with Gasteiger partial charge in [-0.05, 0) is 30.1 Å². The van der Waals surface area contributed by atoms with E-state index in [-0.39, 0.29) is 12.5 Å². The number of likely N-dealkylation sites (N-methyl/N-ethyl adjacent to an activating group) is 1. The van der Waals surface area contributed by atoms with Gasteiger partial charge in [0.05, 0.1) is 5.69 Å². The molecule has 110 valence electrons. The van der Waals surface area contributed by atoms with Gasteiger partial charge in [-0.25, -0.2) is 4.79 Å². The third-order valence-electron chi connectivity index (χ3n) is 2.92. The van der Waals surface area contributed by atoms with E-state index >= 15 is 0 Å². The SMILES string of the molecule is CCc1nnsc1C(=O)OCC(=O)N(C)c1ccccc1. The molecule has 0 bridgehead atoms. The van der Waals surface area contributed by atoms with E-state index in [1.807, 2.05) is 37.3 Å². The van der Waals surface area contributed by atoms with Crippen LogP contribution in [0.25, 0.3) is 0 Å². The van der Waals surface area contributed by atoms with Crippen LogP contribution in [0.4, 0.5) is 5.69 Å². The number of esters is 1. The summed E-state index contributed by atoms with van der Waals surface area (Å²) in [6.07, 6.45) is 0.596. The monoisotopic (exact) mass is 305 g/mol. The third kappa shape index (κ3) is 3.63. The summed E-state index contributed by atoms with van der Waals surface area (Å²) in [5.41, 5.74) is 1.33. The minimum atomic E-state index is -0.559. The number of ether oxygens (including phenoxy) is 1. The molecule has 0 aliphatic rings. The molecule has 2 aromatic rings. The first kappa shape index (κ1) is 15.1. The van der Waals surface area contributed by atoms with E-state index in [4.69, 9.17) is 4.74 Å². The molecule has 0 unspecified atom stereocenters. The van der Waals surface area contributed by atoms with Crippen molar-refractivity contribution in [1.29, 1.82) is 0 Å². The number of nitrogens with zero attached hydrogens (tertiary/aromatic N) is 3. The highest BCUT2D eigenvalue weighted by atomic mass is 32.1. The Morgan fingerprint density at radius 2 is 2.00 bits per heavy atom. The maximum Gasteiger partial charge on any atom is 0.352 e. The molecule has 0 N–H and O–H groups in total. The first-order valence-corrected chi connectivity index (χ1v) is 7.20. The molecule has 0 radical (unpaired) electrons. The molecule has 0 aliphatic heterocycles. The number of anilines is 1. The summed E-state index contributed by atoms with van der Waals surface area (Å²) in [6, 6.07) is 9.15. The second kappa shape index (κ2) is 6.94. The van der Waals surface area contributed by atoms with Gasteiger partial charge in [0.2, 0.25) is 0 Å². The van der Waals surface area contributed by atoms with E-state index in [0.29, 0.717) is 17.0 Å². The van der Waals surface area contributed by atoms with Crippen LogP contribution in [0.5, 0.6) is 0 Å². The average Bonchev–Trinajstić information content (AvgIpc) is 3.01. The second-order valence-electron chi connectivity index (χ2n) is 4.27. The molecule has 1 heterocycles. The topological polar surface area (TPSA) is 72.4 Å². The minimum Gasteiger partial charge on any atom is -0.451 e. The van der Waals surface area contributed by atoms with Crippen LogP contribution in [-0.4, -0.2) is 35.1 Å². The van der Waals surface area contributed by atoms with Gasteiger partial charge in [-0.3, -0.25) is 4.79 Å². The van der Waals surface area contributed by atoms with Crippen molar-refractivity contribution in [3.63, 3.8) is 0 Å². The highest BCUT2D eigenvalue weighted by Crippen LogP contribution is 2.14. The summed E-state index contributed by atoms with van der Waals surface area (Å²) in [6.45, 7) is 1.56. The van der Waals surface area contributed by atoms with Crippen LogP contribution in [0.3, 0.4) is 0 Å². The first-order chi connectivity index (χ1) is 10.1. The smallest absolute Gasteiger partial charge is 0.352 e. The molecule has 0 atom stereocenters. The van der Waals surface area contributed by atoms with Gasteiger partial charge >= 0.3 is 5.97 Å². The first-order valence-electron chi connectivity index (χ1n) is 6.43. The molecule has 1 aromatic carbocycles. The Kier molecular flexibility index (Phi) is 4.99. The van der Waals surface area contributed by atoms with Crippen LogP contribution in [-0.2, 0) is 16.0 Å². The van der Waals surface area contributed by atoms with E-state index in [1.165, 1.54) is 4.90 Å². The minimum absolute atomic E-state index is 0.301. The number of carbonyl (C=O) groups excluding carboxylic acids is 2. The number of hydrogen-bond donors (Lipinski definition) is 0. The van der Waals surface area contributed by atoms with Crippen molar-refractivity contribution in [1.82, 2.24) is 9.59 Å². The number of para-hydroxylation sites is 1. The zero-order chi connectivity index (χ0) is 15.2. The molecule has 1 aromatic heterocycles. The van der Waals surface area contributed by atoms with Gasteiger partial charge in [-0.1, -0.05) is 29.6 Å². The number of benzene rings is 1. The average molecular weight is 305 g/mol. The fourth-order valence-electron chi connectivity index (χ4n) is 1.68. The van der Waals surface area contributed by atoms with Crippen molar-refractivity contribution < 1.29 is 14.3 Å². The summed E-state index contributed by atoms with van der Waals surface area (Å²) in [5.74, 6) is -0.860. The number of amides is 1. The Bertz CT molecular complexity index is 627. The number of aryl methyl sites for hydroxylation is 1. The molecule has 1 amide bonds. The van der Waals surface area contributed by atoms with E-state index < -0.39 is 5.97 Å². The Morgan fingerprint density at radius 1 is 1.29 bits per heavy atom. The highest BCUT2D eigenvalue weighted by Gasteiger charge is 2.19. The van der Waals surface area contributed by atoms with Crippen LogP contribution in [0, 0.1) is 0 Å². The molecule has 0 spiro atoms. The van der Waals surface area contributed by atoms with Crippen LogP contribution in [0.1, 0.15) is 22.3 Å². The summed E-state index contributed by atoms with van der Waals surface area (Å²) < 4.78 is 8.75. The molecular weight excluding hydrogens is 290 g/mol. The quantitative estimate of drug-likeness (QED) is 0.789. The van der Waals surface area contributed by atoms with Crippen molar-refractivity contribution in [3.8, 4) is 0 Å². The van der Waals surface area contributed by atoms with Crippen molar-refractivity contribution >= 4 is 29.1 Å². The van der Waals surface area contributed by atoms with Gasteiger partial charge in [-0.15, -0.1) is 5.10 Å². The fourth-order valence-corrected chi connectivity index (χ4v) is 2.33. The molecule has 6 nitrogen and oxygen atoms in total. The van der Waals surface area contributed by atoms with Gasteiger partial charge < -0.3 is 9.64 Å². The molecule has 7 heteroatoms. The van der Waals surface area contributed by atoms with Gasteiger partial charge in [0.25, 0.3) is 5.91 Å². The van der Waals surface area contributed by atoms with E-state index in [9.17, 15) is 9.59 Å². The normalized spacial score (nSPS) is 10.2. The van der Waals surface area contributed by atoms with Crippen molar-refractivity contribution in [2.75, 3.05) is 18.6 Å². The lowest BCUT2D eigenvalue weighted by atomic mass is 10.3. The second-order valence-corrected chi connectivity index (χ2v) is 5.02. The lowest BCUT2D eigenvalue weighted by Crippen LogP contribution is -2.31. The largest absolute Gasteiger partial charge is 0.451 e. The van der Waals surface area contributed by atoms with Crippen molar-refractivity contribution in [2.45, 2.75) is 13.3 Å². The fraction of sp³-hybridized carbons (Fsp3) is 0.286. The number of carbonyl (C=O) groups is 2. The van der Waals surface area contributed by atoms with E-state index in [1.54, 1.807) is 7.05 Å². The lowest BCUT2D eigenvalue weighted by Gasteiger charge is -2.16. The lowest BCUT2D eigenvalue weighted by molar-refractivity contribution is -0.121. The van der Waals surface area contributed by atoms with E-state index in [2.05, 4.69) is 9.59 Å². The third-order valence-corrected chi connectivity index (χ3v) is 3.67. The van der Waals surface area contributed by atoms with Crippen LogP contribution < -0.4 is 4.90 Å². The zero-order valence-corrected chi connectivity index (χ0v) is 12.6. The van der Waals surface area contributed by atoms with Crippen LogP contribution in [0.2, 0.25) is 0 Å². The molecule has 0 fully saturated rings. The van der Waals surface area contributed by atoms with Gasteiger partial charge in [0.15, 0.2) is 11.5 Å². The molecule has 0 saturated heterocycles. The summed E-state index contributed by atoms with van der Waals surface area (Å²) >= 11 is 0.978. The Hall–Kier alpha value is -2.28. The van der Waals surface area contributed by atoms with Crippen molar-refractivity contribution in [3.05, 3.63) is 40.9 Å². The van der Waals surface area contributed by atoms with Crippen LogP contribution in [0.15, 0.2) is 30.3 Å². The standard InChI is InChI=1S/C14H15N3O3S/c1-3-11-13(21-16-15-11)14(19)20-9-12(18)17(2)10-7-5-4-6-8-10/h4-8H,3,9H2,1-2H3. The molecule has 0 saturated carbocycles. The molecule has 21 heavy (non-hydrogen) atoms. The predicted molar refractivity (Wildman–Crippen MR) is 79.4 cm³/mol. The predicted octanol–water partition coefficient (Wildman–Crippen LogP) is 1.92. The van der Waals surface area contributed by atoms with Gasteiger partial charge in [-0.2, -0.15) is 0 Å². The zero-order valence-electron chi connectivity index (χ0n) is 11.8. The van der Waals surface area contributed by atoms with Gasteiger partial charge in [0, 0.05) is 12.7 Å². The Balaban J connectivity index is 1.94. The number of rotatable bonds is 5. The maximum atomic E-state index is 12.0. The summed E-state index contributed by atoms with van der Waals surface area (Å²) in [5, 5.41) is 3.84. The molecule has 2 rings (SSSR count). The maximum absolute atomic E-state index is 12.0. The van der Waals surface area contributed by atoms with E-state index in [0.717, 1.165) is 17.2 Å². The molecule has 0 aliphatic carbocycles. The summed E-state index contributed by atoms with van der Waals surface area (Å²) in [7, 11) is 1.64. The molecular formula is C14H15N3O3S. The van der Waals surface area contributed by atoms with Crippen LogP contribution >= 0.6 is 11.5 Å². The summed E-state index contributed by atoms with van der Waals surface area (Å²) in [4.78, 5) is 25.7. The number of aromatic nitrogens is 2. The Morgan fingerprint density at radius 3 is 2.67 bits per heavy atom. The number of hydrogen-bond acceptors (Lipinski definition) is 6. The van der Waals surface area contributed by atoms with Gasteiger partial charge in [0.1, 0.15) is 0 Å². The highest BCUT2D eigenvalue weighted by molar-refractivity contribution is 7.07. The Labute approximate surface area is 126 Å².